The fraction of sp³-hybridized carbons (Fsp3) is 0.538. The second kappa shape index (κ2) is 6.53. The summed E-state index contributed by atoms with van der Waals surface area (Å²) in [6, 6.07) is 3.93. The largest absolute Gasteiger partial charge is 0.467 e. The van der Waals surface area contributed by atoms with Crippen LogP contribution in [0.5, 0.6) is 5.75 Å². The Morgan fingerprint density at radius 1 is 1.41 bits per heavy atom. The minimum atomic E-state index is 0.348. The second-order valence-electron chi connectivity index (χ2n) is 4.07. The fourth-order valence-corrected chi connectivity index (χ4v) is 3.13. The number of unbranched alkanes of at least 4 members (excludes halogenated alkanes) is 1. The third-order valence-corrected chi connectivity index (χ3v) is 3.96. The lowest BCUT2D eigenvalue weighted by Crippen LogP contribution is -2.13. The monoisotopic (exact) mass is 272 g/mol. The van der Waals surface area contributed by atoms with Crippen LogP contribution >= 0.6 is 23.4 Å². The molecule has 1 aliphatic heterocycles. The summed E-state index contributed by atoms with van der Waals surface area (Å²) in [6.45, 7) is 3.16. The van der Waals surface area contributed by atoms with Crippen LogP contribution in [0.3, 0.4) is 0 Å². The van der Waals surface area contributed by atoms with Gasteiger partial charge in [0.05, 0.1) is 6.61 Å². The zero-order chi connectivity index (χ0) is 12.1. The van der Waals surface area contributed by atoms with Crippen molar-refractivity contribution >= 4 is 23.4 Å². The molecule has 2 rings (SSSR count). The van der Waals surface area contributed by atoms with Crippen LogP contribution in [0, 0.1) is 0 Å². The van der Waals surface area contributed by atoms with E-state index in [9.17, 15) is 0 Å². The lowest BCUT2D eigenvalue weighted by molar-refractivity contribution is -0.0168. The lowest BCUT2D eigenvalue weighted by Gasteiger charge is -2.21. The van der Waals surface area contributed by atoms with Crippen molar-refractivity contribution in [1.82, 2.24) is 0 Å². The molecular formula is C13H17ClO2S. The maximum absolute atomic E-state index is 6.10. The smallest absolute Gasteiger partial charge is 0.189 e. The van der Waals surface area contributed by atoms with Gasteiger partial charge in [0.15, 0.2) is 6.79 Å². The molecular weight excluding hydrogens is 256 g/mol. The summed E-state index contributed by atoms with van der Waals surface area (Å²) in [5.41, 5.74) is 2.26. The highest BCUT2D eigenvalue weighted by molar-refractivity contribution is 7.98. The van der Waals surface area contributed by atoms with Crippen molar-refractivity contribution in [3.8, 4) is 5.75 Å². The van der Waals surface area contributed by atoms with E-state index in [4.69, 9.17) is 21.1 Å². The molecule has 0 aliphatic carbocycles. The predicted octanol–water partition coefficient (Wildman–Crippen LogP) is 4.24. The van der Waals surface area contributed by atoms with Crippen LogP contribution in [0.1, 0.15) is 30.9 Å². The fourth-order valence-electron chi connectivity index (χ4n) is 1.79. The van der Waals surface area contributed by atoms with E-state index in [0.717, 1.165) is 22.1 Å². The number of benzene rings is 1. The summed E-state index contributed by atoms with van der Waals surface area (Å²) in [4.78, 5) is 0. The van der Waals surface area contributed by atoms with Crippen LogP contribution in [0.25, 0.3) is 0 Å². The van der Waals surface area contributed by atoms with Crippen molar-refractivity contribution in [3.63, 3.8) is 0 Å². The van der Waals surface area contributed by atoms with Gasteiger partial charge in [-0.1, -0.05) is 24.9 Å². The van der Waals surface area contributed by atoms with Gasteiger partial charge in [-0.15, -0.1) is 0 Å². The van der Waals surface area contributed by atoms with Crippen LogP contribution < -0.4 is 4.74 Å². The molecule has 0 spiro atoms. The molecule has 1 aromatic rings. The Morgan fingerprint density at radius 3 is 3.12 bits per heavy atom. The molecule has 0 amide bonds. The maximum Gasteiger partial charge on any atom is 0.189 e. The topological polar surface area (TPSA) is 18.5 Å². The number of hydrogen-bond acceptors (Lipinski definition) is 3. The van der Waals surface area contributed by atoms with Gasteiger partial charge in [-0.2, -0.15) is 11.8 Å². The van der Waals surface area contributed by atoms with Crippen molar-refractivity contribution in [2.24, 2.45) is 0 Å². The van der Waals surface area contributed by atoms with Gasteiger partial charge < -0.3 is 9.47 Å². The van der Waals surface area contributed by atoms with Crippen LogP contribution in [0.4, 0.5) is 0 Å². The molecule has 0 saturated carbocycles. The highest BCUT2D eigenvalue weighted by Crippen LogP contribution is 2.33. The van der Waals surface area contributed by atoms with E-state index in [1.165, 1.54) is 24.2 Å². The molecule has 0 fully saturated rings. The van der Waals surface area contributed by atoms with Crippen LogP contribution in [0.15, 0.2) is 12.1 Å². The predicted molar refractivity (Wildman–Crippen MR) is 72.8 cm³/mol. The van der Waals surface area contributed by atoms with Gasteiger partial charge in [-0.3, -0.25) is 0 Å². The standard InChI is InChI=1S/C13H17ClO2S/c1-2-3-4-17-8-11-6-12(14)5-10-7-15-9-16-13(10)11/h5-6H,2-4,7-9H2,1H3. The number of ether oxygens (including phenoxy) is 2. The van der Waals surface area contributed by atoms with E-state index in [2.05, 4.69) is 6.92 Å². The lowest BCUT2D eigenvalue weighted by atomic mass is 10.1. The summed E-state index contributed by atoms with van der Waals surface area (Å²) in [5.74, 6) is 3.13. The number of fused-ring (bicyclic) bond motifs is 1. The molecule has 0 saturated heterocycles. The second-order valence-corrected chi connectivity index (χ2v) is 5.61. The highest BCUT2D eigenvalue weighted by atomic mass is 35.5. The maximum atomic E-state index is 6.10. The molecule has 1 aliphatic rings. The Hall–Kier alpha value is -0.380. The molecule has 17 heavy (non-hydrogen) atoms. The first-order chi connectivity index (χ1) is 8.31. The SMILES string of the molecule is CCCCSCc1cc(Cl)cc2c1OCOC2. The molecule has 1 aromatic carbocycles. The van der Waals surface area contributed by atoms with Gasteiger partial charge in [0.2, 0.25) is 0 Å². The quantitative estimate of drug-likeness (QED) is 0.747. The number of rotatable bonds is 5. The summed E-state index contributed by atoms with van der Waals surface area (Å²) in [6.07, 6.45) is 2.50. The minimum absolute atomic E-state index is 0.348. The first-order valence-corrected chi connectivity index (χ1v) is 7.44. The number of thioether (sulfide) groups is 1. The van der Waals surface area contributed by atoms with Gasteiger partial charge in [0, 0.05) is 21.9 Å². The molecule has 0 unspecified atom stereocenters. The molecule has 0 atom stereocenters. The number of halogens is 1. The van der Waals surface area contributed by atoms with Crippen molar-refractivity contribution in [1.29, 1.82) is 0 Å². The summed E-state index contributed by atoms with van der Waals surface area (Å²) < 4.78 is 10.8. The van der Waals surface area contributed by atoms with E-state index in [-0.39, 0.29) is 0 Å². The highest BCUT2D eigenvalue weighted by Gasteiger charge is 2.16. The summed E-state index contributed by atoms with van der Waals surface area (Å²) >= 11 is 8.03. The third kappa shape index (κ3) is 3.54. The molecule has 94 valence electrons. The molecule has 0 radical (unpaired) electrons. The minimum Gasteiger partial charge on any atom is -0.467 e. The van der Waals surface area contributed by atoms with E-state index in [1.54, 1.807) is 0 Å². The van der Waals surface area contributed by atoms with Crippen molar-refractivity contribution < 1.29 is 9.47 Å². The van der Waals surface area contributed by atoms with Gasteiger partial charge >= 0.3 is 0 Å². The van der Waals surface area contributed by atoms with Crippen LogP contribution in [-0.4, -0.2) is 12.5 Å². The average molecular weight is 273 g/mol. The van der Waals surface area contributed by atoms with E-state index >= 15 is 0 Å². The Bertz CT molecular complexity index is 382. The van der Waals surface area contributed by atoms with Gasteiger partial charge in [0.25, 0.3) is 0 Å². The van der Waals surface area contributed by atoms with E-state index < -0.39 is 0 Å². The zero-order valence-electron chi connectivity index (χ0n) is 10.0. The first-order valence-electron chi connectivity index (χ1n) is 5.91. The first kappa shape index (κ1) is 13.1. The van der Waals surface area contributed by atoms with E-state index in [0.29, 0.717) is 13.4 Å². The number of hydrogen-bond donors (Lipinski definition) is 0. The van der Waals surface area contributed by atoms with E-state index in [1.807, 2.05) is 23.9 Å². The van der Waals surface area contributed by atoms with Gasteiger partial charge in [-0.05, 0) is 24.3 Å². The van der Waals surface area contributed by atoms with Crippen molar-refractivity contribution in [3.05, 3.63) is 28.3 Å². The van der Waals surface area contributed by atoms with Crippen molar-refractivity contribution in [2.45, 2.75) is 32.1 Å². The third-order valence-electron chi connectivity index (χ3n) is 2.65. The van der Waals surface area contributed by atoms with Gasteiger partial charge in [0.1, 0.15) is 5.75 Å². The average Bonchev–Trinajstić information content (AvgIpc) is 2.34. The zero-order valence-corrected chi connectivity index (χ0v) is 11.6. The van der Waals surface area contributed by atoms with Crippen LogP contribution in [-0.2, 0) is 17.1 Å². The molecule has 0 N–H and O–H groups in total. The normalized spacial score (nSPS) is 14.2. The van der Waals surface area contributed by atoms with Crippen molar-refractivity contribution in [2.75, 3.05) is 12.5 Å². The van der Waals surface area contributed by atoms with Crippen LogP contribution in [0.2, 0.25) is 5.02 Å². The molecule has 0 bridgehead atoms. The summed E-state index contributed by atoms with van der Waals surface area (Å²) in [5, 5.41) is 0.768. The van der Waals surface area contributed by atoms with Gasteiger partial charge in [-0.25, -0.2) is 0 Å². The molecule has 1 heterocycles. The Morgan fingerprint density at radius 2 is 2.29 bits per heavy atom. The Kier molecular flexibility index (Phi) is 5.01. The summed E-state index contributed by atoms with van der Waals surface area (Å²) in [7, 11) is 0. The Balaban J connectivity index is 2.07. The Labute approximate surface area is 112 Å². The molecule has 0 aromatic heterocycles. The molecule has 2 nitrogen and oxygen atoms in total. The molecule has 4 heteroatoms.